The molecule has 0 bridgehead atoms. The van der Waals surface area contributed by atoms with Crippen LogP contribution >= 0.6 is 22.9 Å². The minimum absolute atomic E-state index is 0.555. The largest absolute Gasteiger partial charge is 0.310 e. The van der Waals surface area contributed by atoms with Crippen LogP contribution in [0.4, 0.5) is 0 Å². The number of aryl methyl sites for hydroxylation is 1. The Bertz CT molecular complexity index is 424. The highest BCUT2D eigenvalue weighted by molar-refractivity contribution is 7.16. The molecule has 2 aliphatic carbocycles. The van der Waals surface area contributed by atoms with Gasteiger partial charge in [0.05, 0.1) is 4.34 Å². The van der Waals surface area contributed by atoms with E-state index in [2.05, 4.69) is 25.2 Å². The zero-order valence-corrected chi connectivity index (χ0v) is 12.1. The van der Waals surface area contributed by atoms with Gasteiger partial charge < -0.3 is 5.32 Å². The fraction of sp³-hybridized carbons (Fsp3) is 0.714. The Morgan fingerprint density at radius 2 is 2.29 bits per heavy atom. The van der Waals surface area contributed by atoms with Gasteiger partial charge in [0.1, 0.15) is 0 Å². The van der Waals surface area contributed by atoms with Crippen LogP contribution in [-0.2, 0) is 6.42 Å². The van der Waals surface area contributed by atoms with Crippen LogP contribution in [0.5, 0.6) is 0 Å². The molecule has 0 amide bonds. The molecule has 2 unspecified atom stereocenters. The molecule has 1 aromatic heterocycles. The first-order valence-corrected chi connectivity index (χ1v) is 7.77. The van der Waals surface area contributed by atoms with Gasteiger partial charge in [0.2, 0.25) is 0 Å². The molecule has 3 rings (SSSR count). The molecule has 0 radical (unpaired) electrons. The number of nitrogens with one attached hydrogen (secondary N) is 1. The minimum Gasteiger partial charge on any atom is -0.310 e. The van der Waals surface area contributed by atoms with Crippen molar-refractivity contribution in [2.24, 2.45) is 11.3 Å². The Morgan fingerprint density at radius 3 is 3.00 bits per heavy atom. The maximum atomic E-state index is 6.13. The van der Waals surface area contributed by atoms with Crippen LogP contribution in [0.15, 0.2) is 6.07 Å². The van der Waals surface area contributed by atoms with E-state index in [-0.39, 0.29) is 0 Å². The molecule has 94 valence electrons. The number of thiophene rings is 1. The highest BCUT2D eigenvalue weighted by Crippen LogP contribution is 2.51. The third-order valence-electron chi connectivity index (χ3n) is 4.41. The van der Waals surface area contributed by atoms with Crippen LogP contribution in [0.3, 0.4) is 0 Å². The van der Waals surface area contributed by atoms with E-state index in [1.165, 1.54) is 42.7 Å². The van der Waals surface area contributed by atoms with Gasteiger partial charge in [-0.15, -0.1) is 11.3 Å². The lowest BCUT2D eigenvalue weighted by Gasteiger charge is -2.24. The van der Waals surface area contributed by atoms with Crippen molar-refractivity contribution in [3.05, 3.63) is 20.8 Å². The average molecular weight is 270 g/mol. The third kappa shape index (κ3) is 2.40. The fourth-order valence-corrected chi connectivity index (χ4v) is 4.33. The summed E-state index contributed by atoms with van der Waals surface area (Å²) in [6.07, 6.45) is 5.17. The number of fused-ring (bicyclic) bond motifs is 1. The molecule has 17 heavy (non-hydrogen) atoms. The molecule has 1 heterocycles. The zero-order chi connectivity index (χ0) is 12.0. The van der Waals surface area contributed by atoms with Gasteiger partial charge in [0.15, 0.2) is 0 Å². The van der Waals surface area contributed by atoms with E-state index < -0.39 is 0 Å². The average Bonchev–Trinajstić information content (AvgIpc) is 2.69. The number of hydrogen-bond acceptors (Lipinski definition) is 2. The Morgan fingerprint density at radius 1 is 1.53 bits per heavy atom. The predicted octanol–water partition coefficient (Wildman–Crippen LogP) is 4.41. The Balaban J connectivity index is 1.65. The molecule has 1 aromatic rings. The van der Waals surface area contributed by atoms with Crippen molar-refractivity contribution < 1.29 is 0 Å². The van der Waals surface area contributed by atoms with Gasteiger partial charge >= 0.3 is 0 Å². The van der Waals surface area contributed by atoms with E-state index in [0.29, 0.717) is 11.5 Å². The number of halogens is 1. The van der Waals surface area contributed by atoms with Crippen LogP contribution in [0, 0.1) is 11.3 Å². The van der Waals surface area contributed by atoms with Crippen LogP contribution in [0.25, 0.3) is 0 Å². The standard InChI is InChI=1S/C14H20ClNS/c1-14(2)7-9(14)8-16-11-4-3-5-12-10(11)6-13(15)17-12/h6,9,11,16H,3-5,7-8H2,1-2H3. The lowest BCUT2D eigenvalue weighted by Crippen LogP contribution is -2.27. The van der Waals surface area contributed by atoms with Gasteiger partial charge in [-0.3, -0.25) is 0 Å². The topological polar surface area (TPSA) is 12.0 Å². The summed E-state index contributed by atoms with van der Waals surface area (Å²) in [6.45, 7) is 5.91. The summed E-state index contributed by atoms with van der Waals surface area (Å²) in [4.78, 5) is 1.51. The maximum absolute atomic E-state index is 6.13. The lowest BCUT2D eigenvalue weighted by molar-refractivity contribution is 0.430. The summed E-state index contributed by atoms with van der Waals surface area (Å²) < 4.78 is 0.954. The molecule has 0 saturated heterocycles. The summed E-state index contributed by atoms with van der Waals surface area (Å²) in [5.74, 6) is 0.877. The van der Waals surface area contributed by atoms with Crippen LogP contribution in [0.1, 0.15) is 49.6 Å². The number of rotatable bonds is 3. The molecular formula is C14H20ClNS. The molecule has 2 atom stereocenters. The molecule has 1 saturated carbocycles. The van der Waals surface area contributed by atoms with Crippen molar-refractivity contribution in [2.75, 3.05) is 6.54 Å². The summed E-state index contributed by atoms with van der Waals surface area (Å²) in [6, 6.07) is 2.73. The van der Waals surface area contributed by atoms with Crippen LogP contribution in [0.2, 0.25) is 4.34 Å². The van der Waals surface area contributed by atoms with Crippen molar-refractivity contribution in [1.29, 1.82) is 0 Å². The van der Waals surface area contributed by atoms with E-state index >= 15 is 0 Å². The molecule has 0 spiro atoms. The molecule has 1 N–H and O–H groups in total. The second-order valence-corrected chi connectivity index (χ2v) is 7.94. The summed E-state index contributed by atoms with van der Waals surface area (Å²) in [5.41, 5.74) is 2.06. The first-order valence-electron chi connectivity index (χ1n) is 6.58. The normalized spacial score (nSPS) is 30.1. The van der Waals surface area contributed by atoms with Gasteiger partial charge in [-0.25, -0.2) is 0 Å². The van der Waals surface area contributed by atoms with E-state index in [9.17, 15) is 0 Å². The Hall–Kier alpha value is -0.0500. The van der Waals surface area contributed by atoms with Gasteiger partial charge in [0, 0.05) is 10.9 Å². The Labute approximate surface area is 113 Å². The maximum Gasteiger partial charge on any atom is 0.0934 e. The minimum atomic E-state index is 0.555. The van der Waals surface area contributed by atoms with Gasteiger partial charge in [-0.05, 0) is 55.2 Å². The molecule has 0 aliphatic heterocycles. The predicted molar refractivity (Wildman–Crippen MR) is 74.9 cm³/mol. The molecule has 1 fully saturated rings. The van der Waals surface area contributed by atoms with Gasteiger partial charge in [-0.1, -0.05) is 25.4 Å². The van der Waals surface area contributed by atoms with Gasteiger partial charge in [0.25, 0.3) is 0 Å². The third-order valence-corrected chi connectivity index (χ3v) is 5.75. The molecule has 1 nitrogen and oxygen atoms in total. The first-order chi connectivity index (χ1) is 8.06. The highest BCUT2D eigenvalue weighted by atomic mass is 35.5. The van der Waals surface area contributed by atoms with Crippen LogP contribution in [-0.4, -0.2) is 6.54 Å². The molecule has 2 aliphatic rings. The second kappa shape index (κ2) is 4.25. The van der Waals surface area contributed by atoms with Crippen molar-refractivity contribution >= 4 is 22.9 Å². The monoisotopic (exact) mass is 269 g/mol. The Kier molecular flexibility index (Phi) is 3.00. The lowest BCUT2D eigenvalue weighted by atomic mass is 9.94. The molecular weight excluding hydrogens is 250 g/mol. The van der Waals surface area contributed by atoms with Crippen molar-refractivity contribution in [2.45, 2.75) is 45.6 Å². The molecule has 0 aromatic carbocycles. The van der Waals surface area contributed by atoms with E-state index in [4.69, 9.17) is 11.6 Å². The van der Waals surface area contributed by atoms with E-state index in [1.54, 1.807) is 11.3 Å². The molecule has 3 heteroatoms. The smallest absolute Gasteiger partial charge is 0.0934 e. The van der Waals surface area contributed by atoms with Crippen molar-refractivity contribution in [3.63, 3.8) is 0 Å². The van der Waals surface area contributed by atoms with Crippen LogP contribution < -0.4 is 5.32 Å². The summed E-state index contributed by atoms with van der Waals surface area (Å²) in [5, 5.41) is 3.76. The summed E-state index contributed by atoms with van der Waals surface area (Å²) >= 11 is 7.90. The first kappa shape index (κ1) is 12.0. The SMILES string of the molecule is CC1(C)CC1CNC1CCCc2sc(Cl)cc21. The van der Waals surface area contributed by atoms with Crippen molar-refractivity contribution in [3.8, 4) is 0 Å². The fourth-order valence-electron chi connectivity index (χ4n) is 2.94. The van der Waals surface area contributed by atoms with E-state index in [1.807, 2.05) is 0 Å². The summed E-state index contributed by atoms with van der Waals surface area (Å²) in [7, 11) is 0. The number of hydrogen-bond donors (Lipinski definition) is 1. The quantitative estimate of drug-likeness (QED) is 0.857. The second-order valence-electron chi connectivity index (χ2n) is 6.17. The van der Waals surface area contributed by atoms with Crippen molar-refractivity contribution in [1.82, 2.24) is 5.32 Å². The van der Waals surface area contributed by atoms with E-state index in [0.717, 1.165) is 10.3 Å². The zero-order valence-electron chi connectivity index (χ0n) is 10.6. The highest BCUT2D eigenvalue weighted by Gasteiger charge is 2.45. The van der Waals surface area contributed by atoms with Gasteiger partial charge in [-0.2, -0.15) is 0 Å².